The Kier molecular flexibility index (Phi) is 5.87. The zero-order chi connectivity index (χ0) is 16.9. The van der Waals surface area contributed by atoms with E-state index in [1.165, 1.54) is 17.3 Å². The van der Waals surface area contributed by atoms with Crippen LogP contribution in [-0.4, -0.2) is 15.5 Å². The summed E-state index contributed by atoms with van der Waals surface area (Å²) in [5.41, 5.74) is 3.16. The van der Waals surface area contributed by atoms with Crippen molar-refractivity contribution in [2.45, 2.75) is 24.5 Å². The number of para-hydroxylation sites is 1. The molecule has 0 aromatic heterocycles. The minimum Gasteiger partial charge on any atom is -0.351 e. The van der Waals surface area contributed by atoms with Gasteiger partial charge in [-0.1, -0.05) is 71.5 Å². The van der Waals surface area contributed by atoms with Crippen LogP contribution in [-0.2, 0) is 17.1 Å². The molecule has 24 heavy (non-hydrogen) atoms. The van der Waals surface area contributed by atoms with Crippen molar-refractivity contribution in [2.75, 3.05) is 0 Å². The lowest BCUT2D eigenvalue weighted by Gasteiger charge is -2.17. The van der Waals surface area contributed by atoms with E-state index in [0.29, 0.717) is 11.6 Å². The van der Waals surface area contributed by atoms with Crippen molar-refractivity contribution >= 4 is 51.1 Å². The maximum Gasteiger partial charge on any atom is 0.233 e. The summed E-state index contributed by atoms with van der Waals surface area (Å²) in [6.45, 7) is 2.34. The molecule has 1 aliphatic heterocycles. The van der Waals surface area contributed by atoms with Crippen LogP contribution in [0.3, 0.4) is 0 Å². The van der Waals surface area contributed by atoms with Gasteiger partial charge in [0.15, 0.2) is 0 Å². The average Bonchev–Trinajstić information content (AvgIpc) is 2.60. The number of thioether (sulfide) groups is 2. The number of rotatable bonds is 4. The monoisotopic (exact) mass is 376 g/mol. The van der Waals surface area contributed by atoms with E-state index < -0.39 is 0 Å². The first kappa shape index (κ1) is 17.4. The van der Waals surface area contributed by atoms with E-state index in [-0.39, 0.29) is 11.2 Å². The second-order valence-electron chi connectivity index (χ2n) is 5.36. The first-order valence-corrected chi connectivity index (χ1v) is 9.85. The minimum atomic E-state index is -0.205. The van der Waals surface area contributed by atoms with Gasteiger partial charge in [0.2, 0.25) is 5.91 Å². The summed E-state index contributed by atoms with van der Waals surface area (Å²) in [6.07, 6.45) is 0. The van der Waals surface area contributed by atoms with E-state index in [1.54, 1.807) is 11.8 Å². The number of amides is 1. The molecule has 124 valence electrons. The summed E-state index contributed by atoms with van der Waals surface area (Å²) in [4.78, 5) is 16.9. The highest BCUT2D eigenvalue weighted by Crippen LogP contribution is 2.35. The van der Waals surface area contributed by atoms with Crippen molar-refractivity contribution in [3.63, 3.8) is 0 Å². The normalized spacial score (nSPS) is 14.5. The zero-order valence-corrected chi connectivity index (χ0v) is 15.5. The molecule has 1 heterocycles. The number of nitrogens with zero attached hydrogens (tertiary/aromatic N) is 1. The van der Waals surface area contributed by atoms with Gasteiger partial charge in [-0.25, -0.2) is 4.99 Å². The predicted molar refractivity (Wildman–Crippen MR) is 105 cm³/mol. The van der Waals surface area contributed by atoms with Crippen LogP contribution in [0.4, 0.5) is 5.69 Å². The van der Waals surface area contributed by atoms with E-state index in [0.717, 1.165) is 21.4 Å². The molecule has 3 rings (SSSR count). The number of benzene rings is 2. The maximum absolute atomic E-state index is 12.3. The Balaban J connectivity index is 1.57. The molecule has 1 N–H and O–H groups in total. The molecule has 0 aliphatic carbocycles. The van der Waals surface area contributed by atoms with Crippen molar-refractivity contribution in [3.8, 4) is 0 Å². The SMILES string of the molecule is C[C@@H](SC1=Nc2ccccc2CS1)C(=O)NCc1ccccc1Cl. The van der Waals surface area contributed by atoms with Crippen molar-refractivity contribution < 1.29 is 4.79 Å². The molecule has 0 saturated heterocycles. The number of carbonyl (C=O) groups excluding carboxylic acids is 1. The molecule has 0 bridgehead atoms. The standard InChI is InChI=1S/C18H17ClN2OS2/c1-12(17(22)20-10-13-6-2-4-8-15(13)19)24-18-21-16-9-5-3-7-14(16)11-23-18/h2-9,12H,10-11H2,1H3,(H,20,22)/t12-/m1/s1. The molecule has 1 amide bonds. The van der Waals surface area contributed by atoms with Crippen LogP contribution in [0.2, 0.25) is 5.02 Å². The Bertz CT molecular complexity index is 779. The number of hydrogen-bond donors (Lipinski definition) is 1. The summed E-state index contributed by atoms with van der Waals surface area (Å²) < 4.78 is 0.939. The van der Waals surface area contributed by atoms with E-state index in [2.05, 4.69) is 16.4 Å². The second kappa shape index (κ2) is 8.10. The smallest absolute Gasteiger partial charge is 0.233 e. The first-order valence-electron chi connectivity index (χ1n) is 7.60. The third-order valence-corrected chi connectivity index (χ3v) is 6.28. The van der Waals surface area contributed by atoms with Gasteiger partial charge in [-0.05, 0) is 30.2 Å². The van der Waals surface area contributed by atoms with Crippen molar-refractivity contribution in [1.29, 1.82) is 0 Å². The Morgan fingerprint density at radius 3 is 2.88 bits per heavy atom. The number of halogens is 1. The van der Waals surface area contributed by atoms with Gasteiger partial charge in [-0.15, -0.1) is 0 Å². The fraction of sp³-hybridized carbons (Fsp3) is 0.222. The summed E-state index contributed by atoms with van der Waals surface area (Å²) in [5, 5.41) is 3.40. The molecule has 3 nitrogen and oxygen atoms in total. The largest absolute Gasteiger partial charge is 0.351 e. The van der Waals surface area contributed by atoms with Crippen molar-refractivity contribution in [1.82, 2.24) is 5.32 Å². The lowest BCUT2D eigenvalue weighted by Crippen LogP contribution is -2.31. The molecule has 1 aliphatic rings. The number of hydrogen-bond acceptors (Lipinski definition) is 4. The van der Waals surface area contributed by atoms with Crippen LogP contribution < -0.4 is 5.32 Å². The molecule has 2 aromatic rings. The van der Waals surface area contributed by atoms with Crippen molar-refractivity contribution in [2.24, 2.45) is 4.99 Å². The lowest BCUT2D eigenvalue weighted by molar-refractivity contribution is -0.120. The van der Waals surface area contributed by atoms with Crippen LogP contribution in [0.15, 0.2) is 53.5 Å². The molecule has 0 radical (unpaired) electrons. The van der Waals surface area contributed by atoms with Gasteiger partial charge in [0, 0.05) is 17.3 Å². The van der Waals surface area contributed by atoms with E-state index in [9.17, 15) is 4.79 Å². The van der Waals surface area contributed by atoms with Gasteiger partial charge < -0.3 is 5.32 Å². The molecule has 1 atom stereocenters. The molecule has 2 aromatic carbocycles. The Hall–Kier alpha value is -1.43. The molecule has 0 saturated carbocycles. The predicted octanol–water partition coefficient (Wildman–Crippen LogP) is 5.01. The summed E-state index contributed by atoms with van der Waals surface area (Å²) in [5.74, 6) is 0.887. The quantitative estimate of drug-likeness (QED) is 0.815. The van der Waals surface area contributed by atoms with Gasteiger partial charge in [-0.2, -0.15) is 0 Å². The third kappa shape index (κ3) is 4.35. The fourth-order valence-electron chi connectivity index (χ4n) is 2.25. The van der Waals surface area contributed by atoms with Crippen LogP contribution in [0.25, 0.3) is 0 Å². The lowest BCUT2D eigenvalue weighted by atomic mass is 10.2. The molecular weight excluding hydrogens is 360 g/mol. The molecular formula is C18H17ClN2OS2. The average molecular weight is 377 g/mol. The molecule has 0 unspecified atom stereocenters. The number of carbonyl (C=O) groups is 1. The Morgan fingerprint density at radius 2 is 2.04 bits per heavy atom. The van der Waals surface area contributed by atoms with Crippen LogP contribution in [0.5, 0.6) is 0 Å². The van der Waals surface area contributed by atoms with Gasteiger partial charge >= 0.3 is 0 Å². The molecule has 6 heteroatoms. The van der Waals surface area contributed by atoms with Crippen molar-refractivity contribution in [3.05, 3.63) is 64.7 Å². The summed E-state index contributed by atoms with van der Waals surface area (Å²) in [6, 6.07) is 15.6. The second-order valence-corrected chi connectivity index (χ2v) is 8.32. The van der Waals surface area contributed by atoms with Crippen LogP contribution in [0, 0.1) is 0 Å². The number of fused-ring (bicyclic) bond motifs is 1. The molecule has 0 fully saturated rings. The zero-order valence-electron chi connectivity index (χ0n) is 13.2. The van der Waals surface area contributed by atoms with E-state index in [4.69, 9.17) is 11.6 Å². The number of nitrogens with one attached hydrogen (secondary N) is 1. The van der Waals surface area contributed by atoms with Gasteiger partial charge in [0.1, 0.15) is 4.38 Å². The summed E-state index contributed by atoms with van der Waals surface area (Å²) >= 11 is 9.29. The minimum absolute atomic E-state index is 0.0120. The Labute approximate surface area is 155 Å². The highest BCUT2D eigenvalue weighted by atomic mass is 35.5. The maximum atomic E-state index is 12.3. The molecule has 0 spiro atoms. The Morgan fingerprint density at radius 1 is 1.29 bits per heavy atom. The number of aliphatic imine (C=N–C) groups is 1. The van der Waals surface area contributed by atoms with Crippen LogP contribution in [0.1, 0.15) is 18.1 Å². The van der Waals surface area contributed by atoms with Gasteiger partial charge in [0.25, 0.3) is 0 Å². The van der Waals surface area contributed by atoms with E-state index >= 15 is 0 Å². The van der Waals surface area contributed by atoms with Crippen LogP contribution >= 0.6 is 35.1 Å². The van der Waals surface area contributed by atoms with Gasteiger partial charge in [-0.3, -0.25) is 4.79 Å². The summed E-state index contributed by atoms with van der Waals surface area (Å²) in [7, 11) is 0. The first-order chi connectivity index (χ1) is 11.6. The van der Waals surface area contributed by atoms with Gasteiger partial charge in [0.05, 0.1) is 10.9 Å². The fourth-order valence-corrected chi connectivity index (χ4v) is 4.66. The topological polar surface area (TPSA) is 41.5 Å². The highest BCUT2D eigenvalue weighted by Gasteiger charge is 2.20. The van der Waals surface area contributed by atoms with E-state index in [1.807, 2.05) is 49.4 Å². The highest BCUT2D eigenvalue weighted by molar-refractivity contribution is 8.39. The third-order valence-electron chi connectivity index (χ3n) is 3.61.